The molecule has 3 N–H and O–H groups in total. The Labute approximate surface area is 203 Å². The first-order valence-corrected chi connectivity index (χ1v) is 11.7. The summed E-state index contributed by atoms with van der Waals surface area (Å²) in [7, 11) is 0. The number of carbonyl (C=O) groups is 4. The van der Waals surface area contributed by atoms with Gasteiger partial charge in [-0.05, 0) is 42.0 Å². The minimum atomic E-state index is -1.55. The fraction of sp³-hybridized carbons (Fsp3) is 0.385. The van der Waals surface area contributed by atoms with E-state index in [4.69, 9.17) is 14.6 Å². The van der Waals surface area contributed by atoms with Crippen LogP contribution in [0.25, 0.3) is 11.1 Å². The van der Waals surface area contributed by atoms with Gasteiger partial charge in [-0.3, -0.25) is 14.9 Å². The molecule has 0 saturated carbocycles. The third kappa shape index (κ3) is 6.81. The molecule has 2 aromatic carbocycles. The van der Waals surface area contributed by atoms with Gasteiger partial charge in [-0.25, -0.2) is 9.59 Å². The van der Waals surface area contributed by atoms with Crippen LogP contribution in [0, 0.1) is 0 Å². The van der Waals surface area contributed by atoms with Crippen molar-refractivity contribution in [1.82, 2.24) is 10.6 Å². The third-order valence-corrected chi connectivity index (χ3v) is 5.76. The second-order valence-electron chi connectivity index (χ2n) is 8.15. The van der Waals surface area contributed by atoms with Crippen LogP contribution in [0.3, 0.4) is 0 Å². The number of nitrogens with one attached hydrogen (secondary N) is 2. The van der Waals surface area contributed by atoms with E-state index in [2.05, 4.69) is 10.6 Å². The number of carboxylic acids is 1. The molecule has 35 heavy (non-hydrogen) atoms. The molecular formula is C26H30N2O7. The standard InChI is InChI=1S/C26H30N2O7/c1-2-34-25(32)23(24(31)27-15-9-3-4-14-22(29)30)28-26(33)35-16-21-19-12-7-5-10-17(19)18-11-6-8-13-20(18)21/h5-8,10-13,21,23H,2-4,9,14-16H2,1H3,(H,27,31)(H,28,33)(H,29,30). The van der Waals surface area contributed by atoms with Crippen LogP contribution >= 0.6 is 0 Å². The minimum Gasteiger partial charge on any atom is -0.481 e. The molecule has 9 nitrogen and oxygen atoms in total. The maximum atomic E-state index is 12.5. The molecule has 2 aromatic rings. The van der Waals surface area contributed by atoms with E-state index in [1.54, 1.807) is 6.92 Å². The van der Waals surface area contributed by atoms with Gasteiger partial charge in [-0.2, -0.15) is 0 Å². The van der Waals surface area contributed by atoms with Crippen LogP contribution in [0.2, 0.25) is 0 Å². The highest BCUT2D eigenvalue weighted by molar-refractivity contribution is 6.04. The average molecular weight is 483 g/mol. The lowest BCUT2D eigenvalue weighted by Gasteiger charge is -2.18. The Hall–Kier alpha value is -3.88. The van der Waals surface area contributed by atoms with Crippen molar-refractivity contribution in [3.8, 4) is 11.1 Å². The molecule has 186 valence electrons. The van der Waals surface area contributed by atoms with E-state index < -0.39 is 30.0 Å². The summed E-state index contributed by atoms with van der Waals surface area (Å²) in [6.45, 7) is 1.92. The highest BCUT2D eigenvalue weighted by Gasteiger charge is 2.32. The van der Waals surface area contributed by atoms with Crippen LogP contribution in [0.4, 0.5) is 4.79 Å². The van der Waals surface area contributed by atoms with E-state index in [9.17, 15) is 19.2 Å². The Kier molecular flexibility index (Phi) is 9.23. The van der Waals surface area contributed by atoms with Crippen molar-refractivity contribution in [2.45, 2.75) is 44.6 Å². The molecule has 0 spiro atoms. The van der Waals surface area contributed by atoms with Crippen LogP contribution < -0.4 is 10.6 Å². The lowest BCUT2D eigenvalue weighted by atomic mass is 9.98. The summed E-state index contributed by atoms with van der Waals surface area (Å²) in [5, 5.41) is 13.6. The molecule has 0 heterocycles. The number of alkyl carbamates (subject to hydrolysis) is 1. The van der Waals surface area contributed by atoms with Gasteiger partial charge in [-0.15, -0.1) is 0 Å². The van der Waals surface area contributed by atoms with Gasteiger partial charge in [-0.1, -0.05) is 55.0 Å². The van der Waals surface area contributed by atoms with Gasteiger partial charge in [0.25, 0.3) is 5.91 Å². The Bertz CT molecular complexity index is 1020. The van der Waals surface area contributed by atoms with Crippen LogP contribution in [0.5, 0.6) is 0 Å². The van der Waals surface area contributed by atoms with Gasteiger partial charge in [0.05, 0.1) is 6.61 Å². The maximum Gasteiger partial charge on any atom is 0.408 e. The molecule has 2 amide bonds. The van der Waals surface area contributed by atoms with Crippen LogP contribution in [0.1, 0.15) is 49.7 Å². The number of benzene rings is 2. The second kappa shape index (κ2) is 12.5. The first kappa shape index (κ1) is 25.7. The number of rotatable bonds is 12. The summed E-state index contributed by atoms with van der Waals surface area (Å²) in [6.07, 6.45) is 0.796. The molecule has 0 bridgehead atoms. The molecule has 1 unspecified atom stereocenters. The fourth-order valence-corrected chi connectivity index (χ4v) is 4.11. The van der Waals surface area contributed by atoms with E-state index in [-0.39, 0.29) is 32.1 Å². The van der Waals surface area contributed by atoms with Crippen molar-refractivity contribution < 1.29 is 33.8 Å². The number of ether oxygens (including phenoxy) is 2. The molecule has 0 fully saturated rings. The van der Waals surface area contributed by atoms with Crippen molar-refractivity contribution in [3.63, 3.8) is 0 Å². The lowest BCUT2D eigenvalue weighted by molar-refractivity contribution is -0.149. The van der Waals surface area contributed by atoms with Gasteiger partial charge >= 0.3 is 18.0 Å². The summed E-state index contributed by atoms with van der Waals surface area (Å²) in [5.41, 5.74) is 4.27. The van der Waals surface area contributed by atoms with Gasteiger partial charge in [0.1, 0.15) is 6.61 Å². The topological polar surface area (TPSA) is 131 Å². The summed E-state index contributed by atoms with van der Waals surface area (Å²) in [5.74, 6) is -2.63. The predicted molar refractivity (Wildman–Crippen MR) is 128 cm³/mol. The van der Waals surface area contributed by atoms with Crippen molar-refractivity contribution >= 4 is 23.9 Å². The molecule has 9 heteroatoms. The van der Waals surface area contributed by atoms with E-state index in [1.165, 1.54) is 0 Å². The number of hydrogen-bond donors (Lipinski definition) is 3. The number of esters is 1. The van der Waals surface area contributed by atoms with Crippen molar-refractivity contribution in [2.24, 2.45) is 0 Å². The van der Waals surface area contributed by atoms with E-state index in [1.807, 2.05) is 48.5 Å². The fourth-order valence-electron chi connectivity index (χ4n) is 4.11. The smallest absolute Gasteiger partial charge is 0.408 e. The van der Waals surface area contributed by atoms with Gasteiger partial charge in [0, 0.05) is 18.9 Å². The monoisotopic (exact) mass is 482 g/mol. The first-order valence-electron chi connectivity index (χ1n) is 11.7. The highest BCUT2D eigenvalue weighted by atomic mass is 16.6. The average Bonchev–Trinajstić information content (AvgIpc) is 3.17. The van der Waals surface area contributed by atoms with Crippen LogP contribution in [0.15, 0.2) is 48.5 Å². The van der Waals surface area contributed by atoms with Gasteiger partial charge < -0.3 is 19.9 Å². The molecule has 1 aliphatic carbocycles. The van der Waals surface area contributed by atoms with Crippen molar-refractivity contribution in [2.75, 3.05) is 19.8 Å². The maximum absolute atomic E-state index is 12.5. The lowest BCUT2D eigenvalue weighted by Crippen LogP contribution is -2.52. The number of fused-ring (bicyclic) bond motifs is 3. The van der Waals surface area contributed by atoms with E-state index in [0.29, 0.717) is 19.3 Å². The Morgan fingerprint density at radius 3 is 2.14 bits per heavy atom. The highest BCUT2D eigenvalue weighted by Crippen LogP contribution is 2.44. The molecule has 0 aliphatic heterocycles. The van der Waals surface area contributed by atoms with Crippen molar-refractivity contribution in [1.29, 1.82) is 0 Å². The van der Waals surface area contributed by atoms with Crippen LogP contribution in [-0.2, 0) is 23.9 Å². The normalized spacial score (nSPS) is 12.7. The third-order valence-electron chi connectivity index (χ3n) is 5.76. The second-order valence-corrected chi connectivity index (χ2v) is 8.15. The number of unbranched alkanes of at least 4 members (excludes halogenated alkanes) is 2. The zero-order chi connectivity index (χ0) is 25.2. The number of hydrogen-bond acceptors (Lipinski definition) is 6. The first-order chi connectivity index (χ1) is 16.9. The van der Waals surface area contributed by atoms with Gasteiger partial charge in [0.15, 0.2) is 0 Å². The summed E-state index contributed by atoms with van der Waals surface area (Å²) >= 11 is 0. The molecule has 0 radical (unpaired) electrons. The Balaban J connectivity index is 1.56. The number of amides is 2. The van der Waals surface area contributed by atoms with Crippen LogP contribution in [-0.4, -0.2) is 54.8 Å². The number of carboxylic acid groups (broad SMARTS) is 1. The predicted octanol–water partition coefficient (Wildman–Crippen LogP) is 3.22. The SMILES string of the molecule is CCOC(=O)C(NC(=O)OCC1c2ccccc2-c2ccccc21)C(=O)NCCCCCC(=O)O. The zero-order valence-corrected chi connectivity index (χ0v) is 19.6. The Morgan fingerprint density at radius 2 is 1.54 bits per heavy atom. The summed E-state index contributed by atoms with van der Waals surface area (Å²) < 4.78 is 10.4. The summed E-state index contributed by atoms with van der Waals surface area (Å²) in [4.78, 5) is 48.0. The van der Waals surface area contributed by atoms with E-state index >= 15 is 0 Å². The number of aliphatic carboxylic acids is 1. The zero-order valence-electron chi connectivity index (χ0n) is 19.6. The molecule has 1 aliphatic rings. The molecule has 1 atom stereocenters. The Morgan fingerprint density at radius 1 is 0.914 bits per heavy atom. The molecular weight excluding hydrogens is 452 g/mol. The van der Waals surface area contributed by atoms with Crippen molar-refractivity contribution in [3.05, 3.63) is 59.7 Å². The number of carbonyl (C=O) groups excluding carboxylic acids is 3. The molecule has 3 rings (SSSR count). The van der Waals surface area contributed by atoms with E-state index in [0.717, 1.165) is 22.3 Å². The van der Waals surface area contributed by atoms with Gasteiger partial charge in [0.2, 0.25) is 6.04 Å². The summed E-state index contributed by atoms with van der Waals surface area (Å²) in [6, 6.07) is 14.3. The molecule has 0 saturated heterocycles. The molecule has 0 aromatic heterocycles. The quantitative estimate of drug-likeness (QED) is 0.240. The largest absolute Gasteiger partial charge is 0.481 e. The minimum absolute atomic E-state index is 0.0423.